The number of halogens is 1. The second kappa shape index (κ2) is 8.74. The minimum atomic E-state index is -1.07. The SMILES string of the molecule is CC(=O)NCc1ccc(C(=O)C(C)OC(=O)c2ccc([N+](=O)[O-])cc2Cl)s1. The molecule has 0 radical (unpaired) electrons. The summed E-state index contributed by atoms with van der Waals surface area (Å²) in [6.45, 7) is 3.12. The molecule has 142 valence electrons. The number of thiophene rings is 1. The zero-order chi connectivity index (χ0) is 20.1. The van der Waals surface area contributed by atoms with E-state index in [0.717, 1.165) is 17.0 Å². The highest BCUT2D eigenvalue weighted by atomic mass is 35.5. The van der Waals surface area contributed by atoms with Crippen molar-refractivity contribution in [1.29, 1.82) is 0 Å². The Morgan fingerprint density at radius 1 is 1.30 bits per heavy atom. The second-order valence-electron chi connectivity index (χ2n) is 5.51. The molecule has 1 atom stereocenters. The molecule has 0 bridgehead atoms. The van der Waals surface area contributed by atoms with E-state index in [2.05, 4.69) is 5.32 Å². The minimum Gasteiger partial charge on any atom is -0.451 e. The van der Waals surface area contributed by atoms with Gasteiger partial charge in [-0.25, -0.2) is 4.79 Å². The molecule has 1 heterocycles. The Balaban J connectivity index is 2.04. The molecule has 1 amide bonds. The number of hydrogen-bond acceptors (Lipinski definition) is 7. The maximum atomic E-state index is 12.4. The summed E-state index contributed by atoms with van der Waals surface area (Å²) < 4.78 is 5.14. The lowest BCUT2D eigenvalue weighted by Crippen LogP contribution is -2.24. The van der Waals surface area contributed by atoms with Crippen molar-refractivity contribution in [2.75, 3.05) is 0 Å². The molecule has 2 rings (SSSR count). The van der Waals surface area contributed by atoms with E-state index < -0.39 is 22.8 Å². The van der Waals surface area contributed by atoms with Crippen molar-refractivity contribution < 1.29 is 24.0 Å². The highest BCUT2D eigenvalue weighted by molar-refractivity contribution is 7.14. The summed E-state index contributed by atoms with van der Waals surface area (Å²) in [7, 11) is 0. The van der Waals surface area contributed by atoms with Gasteiger partial charge in [-0.05, 0) is 25.1 Å². The van der Waals surface area contributed by atoms with E-state index in [1.165, 1.54) is 31.3 Å². The number of benzene rings is 1. The van der Waals surface area contributed by atoms with Gasteiger partial charge in [-0.2, -0.15) is 0 Å². The molecule has 0 saturated carbocycles. The van der Waals surface area contributed by atoms with E-state index in [4.69, 9.17) is 16.3 Å². The standard InChI is InChI=1S/C17H15ClN2O6S/c1-9(16(22)15-6-4-12(27-15)8-19-10(2)21)26-17(23)13-5-3-11(20(24)25)7-14(13)18/h3-7,9H,8H2,1-2H3,(H,19,21). The highest BCUT2D eigenvalue weighted by Gasteiger charge is 2.24. The van der Waals surface area contributed by atoms with Gasteiger partial charge >= 0.3 is 5.97 Å². The predicted octanol–water partition coefficient (Wildman–Crippen LogP) is 3.37. The van der Waals surface area contributed by atoms with Gasteiger partial charge < -0.3 is 10.1 Å². The fourth-order valence-electron chi connectivity index (χ4n) is 2.08. The second-order valence-corrected chi connectivity index (χ2v) is 7.08. The first-order valence-corrected chi connectivity index (χ1v) is 8.90. The van der Waals surface area contributed by atoms with Crippen LogP contribution in [0.3, 0.4) is 0 Å². The van der Waals surface area contributed by atoms with Gasteiger partial charge in [0.25, 0.3) is 5.69 Å². The number of nitro benzene ring substituents is 1. The number of nitrogens with one attached hydrogen (secondary N) is 1. The molecule has 0 aliphatic carbocycles. The van der Waals surface area contributed by atoms with Crippen molar-refractivity contribution in [1.82, 2.24) is 5.32 Å². The molecule has 0 aliphatic heterocycles. The molecule has 1 unspecified atom stereocenters. The van der Waals surface area contributed by atoms with Gasteiger partial charge in [0.1, 0.15) is 0 Å². The van der Waals surface area contributed by atoms with Gasteiger partial charge in [0, 0.05) is 23.9 Å². The number of non-ortho nitro benzene ring substituents is 1. The Morgan fingerprint density at radius 3 is 2.59 bits per heavy atom. The summed E-state index contributed by atoms with van der Waals surface area (Å²) >= 11 is 7.08. The molecule has 1 aromatic heterocycles. The molecule has 1 N–H and O–H groups in total. The van der Waals surface area contributed by atoms with Crippen molar-refractivity contribution >= 4 is 46.3 Å². The largest absolute Gasteiger partial charge is 0.451 e. The number of carbonyl (C=O) groups is 3. The van der Waals surface area contributed by atoms with Crippen molar-refractivity contribution in [3.63, 3.8) is 0 Å². The molecule has 0 fully saturated rings. The van der Waals surface area contributed by atoms with E-state index in [9.17, 15) is 24.5 Å². The van der Waals surface area contributed by atoms with E-state index in [0.29, 0.717) is 11.4 Å². The third-order valence-electron chi connectivity index (χ3n) is 3.45. The topological polar surface area (TPSA) is 116 Å². The van der Waals surface area contributed by atoms with Crippen LogP contribution in [0.2, 0.25) is 5.02 Å². The molecule has 0 spiro atoms. The first-order chi connectivity index (χ1) is 12.7. The van der Waals surface area contributed by atoms with Crippen LogP contribution in [-0.4, -0.2) is 28.7 Å². The van der Waals surface area contributed by atoms with Crippen LogP contribution in [0, 0.1) is 10.1 Å². The number of amides is 1. The van der Waals surface area contributed by atoms with Crippen LogP contribution in [0.4, 0.5) is 5.69 Å². The molecule has 0 saturated heterocycles. The molecular formula is C17H15ClN2O6S. The van der Waals surface area contributed by atoms with Crippen LogP contribution in [-0.2, 0) is 16.1 Å². The molecule has 1 aromatic carbocycles. The fraction of sp³-hybridized carbons (Fsp3) is 0.235. The number of ketones is 1. The third-order valence-corrected chi connectivity index (χ3v) is 4.87. The van der Waals surface area contributed by atoms with Gasteiger partial charge in [0.2, 0.25) is 11.7 Å². The molecule has 10 heteroatoms. The number of Topliss-reactive ketones (excluding diaryl/α,β-unsaturated/α-hetero) is 1. The average molecular weight is 411 g/mol. The van der Waals surface area contributed by atoms with Crippen LogP contribution in [0.25, 0.3) is 0 Å². The number of hydrogen-bond donors (Lipinski definition) is 1. The quantitative estimate of drug-likeness (QED) is 0.324. The number of nitro groups is 1. The Morgan fingerprint density at radius 2 is 2.00 bits per heavy atom. The number of carbonyl (C=O) groups excluding carboxylic acids is 3. The lowest BCUT2D eigenvalue weighted by atomic mass is 10.2. The number of ether oxygens (including phenoxy) is 1. The maximum absolute atomic E-state index is 12.4. The first kappa shape index (κ1) is 20.5. The zero-order valence-corrected chi connectivity index (χ0v) is 15.9. The number of rotatable bonds is 7. The smallest absolute Gasteiger partial charge is 0.340 e. The van der Waals surface area contributed by atoms with Crippen LogP contribution < -0.4 is 5.32 Å². The highest BCUT2D eigenvalue weighted by Crippen LogP contribution is 2.24. The first-order valence-electron chi connectivity index (χ1n) is 7.71. The number of nitrogens with zero attached hydrogens (tertiary/aromatic N) is 1. The molecule has 2 aromatic rings. The summed E-state index contributed by atoms with van der Waals surface area (Å²) in [6, 6.07) is 6.64. The molecule has 8 nitrogen and oxygen atoms in total. The Hall–Kier alpha value is -2.78. The van der Waals surface area contributed by atoms with E-state index in [-0.39, 0.29) is 22.2 Å². The number of esters is 1. The van der Waals surface area contributed by atoms with Crippen molar-refractivity contribution in [2.45, 2.75) is 26.5 Å². The monoisotopic (exact) mass is 410 g/mol. The van der Waals surface area contributed by atoms with E-state index in [1.807, 2.05) is 0 Å². The van der Waals surface area contributed by atoms with Crippen LogP contribution in [0.15, 0.2) is 30.3 Å². The third kappa shape index (κ3) is 5.35. The lowest BCUT2D eigenvalue weighted by molar-refractivity contribution is -0.384. The van der Waals surface area contributed by atoms with E-state index in [1.54, 1.807) is 12.1 Å². The molecule has 0 aliphatic rings. The molecule has 27 heavy (non-hydrogen) atoms. The summed E-state index contributed by atoms with van der Waals surface area (Å²) in [5.74, 6) is -1.44. The minimum absolute atomic E-state index is 0.0700. The fourth-order valence-corrected chi connectivity index (χ4v) is 3.30. The van der Waals surface area contributed by atoms with Gasteiger partial charge in [-0.3, -0.25) is 19.7 Å². The van der Waals surface area contributed by atoms with Crippen molar-refractivity contribution in [3.8, 4) is 0 Å². The summed E-state index contributed by atoms with van der Waals surface area (Å²) in [4.78, 5) is 46.8. The van der Waals surface area contributed by atoms with Crippen molar-refractivity contribution in [2.24, 2.45) is 0 Å². The van der Waals surface area contributed by atoms with Gasteiger partial charge in [-0.15, -0.1) is 11.3 Å². The van der Waals surface area contributed by atoms with Gasteiger partial charge in [0.15, 0.2) is 6.10 Å². The lowest BCUT2D eigenvalue weighted by Gasteiger charge is -2.12. The van der Waals surface area contributed by atoms with Gasteiger partial charge in [-0.1, -0.05) is 11.6 Å². The average Bonchev–Trinajstić information content (AvgIpc) is 3.07. The summed E-state index contributed by atoms with van der Waals surface area (Å²) in [5, 5.41) is 13.2. The zero-order valence-electron chi connectivity index (χ0n) is 14.4. The predicted molar refractivity (Wildman–Crippen MR) is 99.2 cm³/mol. The van der Waals surface area contributed by atoms with E-state index >= 15 is 0 Å². The van der Waals surface area contributed by atoms with Gasteiger partial charge in [0.05, 0.1) is 26.9 Å². The van der Waals surface area contributed by atoms with Crippen molar-refractivity contribution in [3.05, 3.63) is 60.8 Å². The Labute approximate surface area is 163 Å². The molecular weight excluding hydrogens is 396 g/mol. The Kier molecular flexibility index (Phi) is 6.65. The summed E-state index contributed by atoms with van der Waals surface area (Å²) in [5.41, 5.74) is -0.328. The van der Waals surface area contributed by atoms with Crippen LogP contribution in [0.5, 0.6) is 0 Å². The van der Waals surface area contributed by atoms with Crippen LogP contribution >= 0.6 is 22.9 Å². The van der Waals surface area contributed by atoms with Crippen LogP contribution in [0.1, 0.15) is 38.8 Å². The maximum Gasteiger partial charge on any atom is 0.340 e. The normalized spacial score (nSPS) is 11.5. The summed E-state index contributed by atoms with van der Waals surface area (Å²) in [6.07, 6.45) is -1.07. The Bertz CT molecular complexity index is 911.